The highest BCUT2D eigenvalue weighted by Crippen LogP contribution is 2.36. The first-order valence-electron chi connectivity index (χ1n) is 6.41. The predicted octanol–water partition coefficient (Wildman–Crippen LogP) is 2.82. The fourth-order valence-corrected chi connectivity index (χ4v) is 3.50. The van der Waals surface area contributed by atoms with Crippen LogP contribution < -0.4 is 4.74 Å². The van der Waals surface area contributed by atoms with E-state index in [0.717, 1.165) is 37.8 Å². The minimum Gasteiger partial charge on any atom is -0.490 e. The first kappa shape index (κ1) is 12.3. The van der Waals surface area contributed by atoms with E-state index in [2.05, 4.69) is 34.7 Å². The maximum Gasteiger partial charge on any atom is 0.210 e. The summed E-state index contributed by atoms with van der Waals surface area (Å²) in [6, 6.07) is 8.96. The number of ether oxygens (including phenoxy) is 1. The third kappa shape index (κ3) is 2.35. The van der Waals surface area contributed by atoms with Crippen LogP contribution >= 0.6 is 22.6 Å². The number of amides is 1. The van der Waals surface area contributed by atoms with Crippen LogP contribution in [0.5, 0.6) is 5.75 Å². The number of rotatable bonds is 3. The SMILES string of the molecule is O=CN1[C@@H]2CC[C@H]1C[C@H](Oc1ccc(I)cc1)C2. The fraction of sp³-hybridized carbons (Fsp3) is 0.500. The summed E-state index contributed by atoms with van der Waals surface area (Å²) in [4.78, 5) is 13.0. The van der Waals surface area contributed by atoms with Gasteiger partial charge in [0.15, 0.2) is 0 Å². The number of carbonyl (C=O) groups excluding carboxylic acids is 1. The molecule has 2 aliphatic heterocycles. The number of benzene rings is 1. The fourth-order valence-electron chi connectivity index (χ4n) is 3.14. The third-order valence-corrected chi connectivity index (χ3v) is 4.70. The molecule has 0 N–H and O–H groups in total. The Morgan fingerprint density at radius 2 is 1.78 bits per heavy atom. The summed E-state index contributed by atoms with van der Waals surface area (Å²) in [5, 5.41) is 0. The van der Waals surface area contributed by atoms with Gasteiger partial charge < -0.3 is 9.64 Å². The minimum absolute atomic E-state index is 0.263. The van der Waals surface area contributed by atoms with E-state index in [1.54, 1.807) is 0 Å². The summed E-state index contributed by atoms with van der Waals surface area (Å²) >= 11 is 2.29. The standard InChI is InChI=1S/C14H16INO2/c15-10-1-5-13(6-2-10)18-14-7-11-3-4-12(8-14)16(11)9-17/h1-2,5-6,9,11-12,14H,3-4,7-8H2/t11-,12+,14-. The average molecular weight is 357 g/mol. The minimum atomic E-state index is 0.263. The van der Waals surface area contributed by atoms with Crippen LogP contribution in [0, 0.1) is 3.57 Å². The molecule has 2 saturated heterocycles. The van der Waals surface area contributed by atoms with Gasteiger partial charge in [-0.25, -0.2) is 0 Å². The van der Waals surface area contributed by atoms with Crippen molar-refractivity contribution >= 4 is 29.0 Å². The van der Waals surface area contributed by atoms with Gasteiger partial charge in [0.05, 0.1) is 0 Å². The molecule has 2 fully saturated rings. The molecule has 2 aliphatic rings. The van der Waals surface area contributed by atoms with Gasteiger partial charge in [-0.05, 0) is 59.7 Å². The Balaban J connectivity index is 1.66. The molecule has 96 valence electrons. The van der Waals surface area contributed by atoms with Crippen molar-refractivity contribution < 1.29 is 9.53 Å². The molecule has 0 spiro atoms. The summed E-state index contributed by atoms with van der Waals surface area (Å²) in [6.45, 7) is 0. The molecule has 0 aromatic heterocycles. The van der Waals surface area contributed by atoms with Crippen LogP contribution in [0.25, 0.3) is 0 Å². The van der Waals surface area contributed by atoms with E-state index in [-0.39, 0.29) is 6.10 Å². The van der Waals surface area contributed by atoms with E-state index in [9.17, 15) is 4.79 Å². The van der Waals surface area contributed by atoms with Crippen molar-refractivity contribution in [2.24, 2.45) is 0 Å². The van der Waals surface area contributed by atoms with Crippen LogP contribution in [-0.4, -0.2) is 29.5 Å². The van der Waals surface area contributed by atoms with Crippen molar-refractivity contribution in [1.82, 2.24) is 4.90 Å². The van der Waals surface area contributed by atoms with Crippen LogP contribution in [0.1, 0.15) is 25.7 Å². The number of piperidine rings is 1. The van der Waals surface area contributed by atoms with Crippen LogP contribution in [0.3, 0.4) is 0 Å². The highest BCUT2D eigenvalue weighted by atomic mass is 127. The monoisotopic (exact) mass is 357 g/mol. The molecule has 2 heterocycles. The highest BCUT2D eigenvalue weighted by molar-refractivity contribution is 14.1. The lowest BCUT2D eigenvalue weighted by Gasteiger charge is -2.36. The van der Waals surface area contributed by atoms with Gasteiger partial charge in [-0.2, -0.15) is 0 Å². The molecule has 3 rings (SSSR count). The van der Waals surface area contributed by atoms with Gasteiger partial charge in [0.2, 0.25) is 6.41 Å². The molecule has 1 aromatic rings. The number of hydrogen-bond acceptors (Lipinski definition) is 2. The van der Waals surface area contributed by atoms with Gasteiger partial charge in [-0.1, -0.05) is 0 Å². The zero-order valence-corrected chi connectivity index (χ0v) is 12.2. The average Bonchev–Trinajstić information content (AvgIpc) is 2.62. The Hall–Kier alpha value is -0.780. The van der Waals surface area contributed by atoms with Crippen molar-refractivity contribution in [3.8, 4) is 5.75 Å². The Bertz CT molecular complexity index is 420. The van der Waals surface area contributed by atoms with Crippen LogP contribution in [0.15, 0.2) is 24.3 Å². The zero-order valence-electron chi connectivity index (χ0n) is 10.1. The molecule has 0 saturated carbocycles. The third-order valence-electron chi connectivity index (χ3n) is 3.98. The van der Waals surface area contributed by atoms with Gasteiger partial charge in [-0.3, -0.25) is 4.79 Å². The van der Waals surface area contributed by atoms with E-state index < -0.39 is 0 Å². The van der Waals surface area contributed by atoms with Crippen LogP contribution in [0.4, 0.5) is 0 Å². The second-order valence-electron chi connectivity index (χ2n) is 5.10. The summed E-state index contributed by atoms with van der Waals surface area (Å²) in [7, 11) is 0. The second-order valence-corrected chi connectivity index (χ2v) is 6.35. The smallest absolute Gasteiger partial charge is 0.210 e. The topological polar surface area (TPSA) is 29.5 Å². The molecule has 0 unspecified atom stereocenters. The van der Waals surface area contributed by atoms with E-state index in [1.165, 1.54) is 3.57 Å². The maximum atomic E-state index is 11.0. The van der Waals surface area contributed by atoms with Crippen molar-refractivity contribution in [2.75, 3.05) is 0 Å². The number of nitrogens with zero attached hydrogens (tertiary/aromatic N) is 1. The van der Waals surface area contributed by atoms with Gasteiger partial charge in [0.1, 0.15) is 11.9 Å². The van der Waals surface area contributed by atoms with E-state index in [1.807, 2.05) is 17.0 Å². The van der Waals surface area contributed by atoms with Crippen molar-refractivity contribution in [1.29, 1.82) is 0 Å². The van der Waals surface area contributed by atoms with Crippen molar-refractivity contribution in [2.45, 2.75) is 43.9 Å². The molecule has 1 amide bonds. The van der Waals surface area contributed by atoms with Gasteiger partial charge in [0, 0.05) is 28.5 Å². The Kier molecular flexibility index (Phi) is 3.46. The molecule has 18 heavy (non-hydrogen) atoms. The zero-order chi connectivity index (χ0) is 12.5. The summed E-state index contributed by atoms with van der Waals surface area (Å²) in [5.41, 5.74) is 0. The van der Waals surface area contributed by atoms with Gasteiger partial charge in [0.25, 0.3) is 0 Å². The second kappa shape index (κ2) is 5.07. The summed E-state index contributed by atoms with van der Waals surface area (Å²) in [5.74, 6) is 0.944. The van der Waals surface area contributed by atoms with E-state index >= 15 is 0 Å². The first-order valence-corrected chi connectivity index (χ1v) is 7.49. The molecule has 0 radical (unpaired) electrons. The highest BCUT2D eigenvalue weighted by Gasteiger charge is 2.40. The normalized spacial score (nSPS) is 30.3. The lowest BCUT2D eigenvalue weighted by atomic mass is 10.0. The lowest BCUT2D eigenvalue weighted by Crippen LogP contribution is -2.45. The quantitative estimate of drug-likeness (QED) is 0.615. The molecule has 0 aliphatic carbocycles. The summed E-state index contributed by atoms with van der Waals surface area (Å²) in [6.07, 6.45) is 5.50. The molecule has 3 nitrogen and oxygen atoms in total. The number of fused-ring (bicyclic) bond motifs is 2. The molecule has 4 heteroatoms. The van der Waals surface area contributed by atoms with E-state index in [0.29, 0.717) is 12.1 Å². The summed E-state index contributed by atoms with van der Waals surface area (Å²) < 4.78 is 7.26. The van der Waals surface area contributed by atoms with Crippen LogP contribution in [0.2, 0.25) is 0 Å². The van der Waals surface area contributed by atoms with Crippen molar-refractivity contribution in [3.63, 3.8) is 0 Å². The number of halogens is 1. The molecular weight excluding hydrogens is 341 g/mol. The maximum absolute atomic E-state index is 11.0. The van der Waals surface area contributed by atoms with Crippen molar-refractivity contribution in [3.05, 3.63) is 27.8 Å². The van der Waals surface area contributed by atoms with Gasteiger partial charge >= 0.3 is 0 Å². The Morgan fingerprint density at radius 3 is 2.33 bits per heavy atom. The number of hydrogen-bond donors (Lipinski definition) is 0. The van der Waals surface area contributed by atoms with Crippen LogP contribution in [-0.2, 0) is 4.79 Å². The Labute approximate surface area is 121 Å². The molecule has 3 atom stereocenters. The number of carbonyl (C=O) groups is 1. The molecular formula is C14H16INO2. The Morgan fingerprint density at radius 1 is 1.17 bits per heavy atom. The lowest BCUT2D eigenvalue weighted by molar-refractivity contribution is -0.123. The molecule has 1 aromatic carbocycles. The largest absolute Gasteiger partial charge is 0.490 e. The first-order chi connectivity index (χ1) is 8.76. The van der Waals surface area contributed by atoms with Gasteiger partial charge in [-0.15, -0.1) is 0 Å². The predicted molar refractivity (Wildman–Crippen MR) is 77.5 cm³/mol. The van der Waals surface area contributed by atoms with E-state index in [4.69, 9.17) is 4.74 Å². The molecule has 2 bridgehead atoms.